The summed E-state index contributed by atoms with van der Waals surface area (Å²) >= 11 is 0. The third-order valence-corrected chi connectivity index (χ3v) is 2.45. The SMILES string of the molecule is CCCn1ccn(CCC(=O)N(C)C)c1=O. The normalized spacial score (nSPS) is 10.4. The Bertz CT molecular complexity index is 404. The van der Waals surface area contributed by atoms with E-state index >= 15 is 0 Å². The Morgan fingerprint density at radius 3 is 2.31 bits per heavy atom. The van der Waals surface area contributed by atoms with Gasteiger partial charge in [-0.2, -0.15) is 0 Å². The second kappa shape index (κ2) is 5.53. The fourth-order valence-electron chi connectivity index (χ4n) is 1.47. The summed E-state index contributed by atoms with van der Waals surface area (Å²) in [6.07, 6.45) is 4.80. The van der Waals surface area contributed by atoms with Crippen LogP contribution in [0.15, 0.2) is 17.2 Å². The van der Waals surface area contributed by atoms with Crippen molar-refractivity contribution < 1.29 is 4.79 Å². The third-order valence-electron chi connectivity index (χ3n) is 2.45. The smallest absolute Gasteiger partial charge is 0.328 e. The number of carbonyl (C=O) groups is 1. The van der Waals surface area contributed by atoms with Crippen molar-refractivity contribution in [2.24, 2.45) is 0 Å². The van der Waals surface area contributed by atoms with E-state index in [1.807, 2.05) is 6.92 Å². The standard InChI is InChI=1S/C11H19N3O2/c1-4-6-13-8-9-14(11(13)16)7-5-10(15)12(2)3/h8-9H,4-7H2,1-3H3. The lowest BCUT2D eigenvalue weighted by atomic mass is 10.4. The number of rotatable bonds is 5. The number of imidazole rings is 1. The van der Waals surface area contributed by atoms with Gasteiger partial charge in [-0.3, -0.25) is 13.9 Å². The Morgan fingerprint density at radius 1 is 1.25 bits per heavy atom. The van der Waals surface area contributed by atoms with Gasteiger partial charge in [-0.25, -0.2) is 4.79 Å². The van der Waals surface area contributed by atoms with E-state index < -0.39 is 0 Å². The average Bonchev–Trinajstić information content (AvgIpc) is 2.58. The van der Waals surface area contributed by atoms with Gasteiger partial charge in [0.2, 0.25) is 5.91 Å². The Kier molecular flexibility index (Phi) is 4.34. The minimum atomic E-state index is -0.0339. The van der Waals surface area contributed by atoms with Crippen molar-refractivity contribution in [1.82, 2.24) is 14.0 Å². The molecule has 0 fully saturated rings. The van der Waals surface area contributed by atoms with Gasteiger partial charge < -0.3 is 4.90 Å². The molecule has 0 N–H and O–H groups in total. The molecule has 1 heterocycles. The van der Waals surface area contributed by atoms with Crippen LogP contribution in [-0.2, 0) is 17.9 Å². The van der Waals surface area contributed by atoms with Crippen LogP contribution in [-0.4, -0.2) is 34.0 Å². The highest BCUT2D eigenvalue weighted by molar-refractivity contribution is 5.75. The molecule has 0 saturated carbocycles. The summed E-state index contributed by atoms with van der Waals surface area (Å²) in [5, 5.41) is 0. The number of aromatic nitrogens is 2. The first-order chi connectivity index (χ1) is 7.56. The van der Waals surface area contributed by atoms with E-state index in [4.69, 9.17) is 0 Å². The molecule has 1 aromatic rings. The van der Waals surface area contributed by atoms with Crippen molar-refractivity contribution in [2.75, 3.05) is 14.1 Å². The van der Waals surface area contributed by atoms with Crippen LogP contribution < -0.4 is 5.69 Å². The molecule has 90 valence electrons. The first kappa shape index (κ1) is 12.5. The lowest BCUT2D eigenvalue weighted by molar-refractivity contribution is -0.128. The van der Waals surface area contributed by atoms with Crippen molar-refractivity contribution in [3.05, 3.63) is 22.9 Å². The Hall–Kier alpha value is -1.52. The minimum absolute atomic E-state index is 0.0339. The summed E-state index contributed by atoms with van der Waals surface area (Å²) in [5.74, 6) is 0.0372. The monoisotopic (exact) mass is 225 g/mol. The Balaban J connectivity index is 2.62. The number of carbonyl (C=O) groups excluding carboxylic acids is 1. The molecule has 1 aromatic heterocycles. The van der Waals surface area contributed by atoms with Crippen molar-refractivity contribution >= 4 is 5.91 Å². The highest BCUT2D eigenvalue weighted by atomic mass is 16.2. The van der Waals surface area contributed by atoms with Crippen LogP contribution >= 0.6 is 0 Å². The molecule has 16 heavy (non-hydrogen) atoms. The van der Waals surface area contributed by atoms with E-state index in [2.05, 4.69) is 0 Å². The Morgan fingerprint density at radius 2 is 1.81 bits per heavy atom. The van der Waals surface area contributed by atoms with Crippen molar-refractivity contribution in [2.45, 2.75) is 32.9 Å². The van der Waals surface area contributed by atoms with Gasteiger partial charge in [0.05, 0.1) is 0 Å². The molecule has 1 rings (SSSR count). The van der Waals surface area contributed by atoms with Gasteiger partial charge in [0, 0.05) is 46.0 Å². The van der Waals surface area contributed by atoms with E-state index in [9.17, 15) is 9.59 Å². The van der Waals surface area contributed by atoms with Gasteiger partial charge in [0.25, 0.3) is 0 Å². The van der Waals surface area contributed by atoms with Gasteiger partial charge in [-0.1, -0.05) is 6.92 Å². The summed E-state index contributed by atoms with van der Waals surface area (Å²) in [6, 6.07) is 0. The molecule has 0 aliphatic rings. The molecule has 0 bridgehead atoms. The van der Waals surface area contributed by atoms with Crippen LogP contribution in [0.4, 0.5) is 0 Å². The number of amides is 1. The maximum atomic E-state index is 11.7. The van der Waals surface area contributed by atoms with Crippen LogP contribution in [0.1, 0.15) is 19.8 Å². The molecule has 0 radical (unpaired) electrons. The molecular formula is C11H19N3O2. The molecule has 0 saturated heterocycles. The molecular weight excluding hydrogens is 206 g/mol. The molecule has 5 heteroatoms. The van der Waals surface area contributed by atoms with Crippen molar-refractivity contribution in [3.8, 4) is 0 Å². The second-order valence-electron chi connectivity index (χ2n) is 4.01. The van der Waals surface area contributed by atoms with Gasteiger partial charge >= 0.3 is 5.69 Å². The van der Waals surface area contributed by atoms with E-state index in [0.29, 0.717) is 13.0 Å². The summed E-state index contributed by atoms with van der Waals surface area (Å²) in [4.78, 5) is 24.6. The maximum Gasteiger partial charge on any atom is 0.328 e. The quantitative estimate of drug-likeness (QED) is 0.734. The summed E-state index contributed by atoms with van der Waals surface area (Å²) < 4.78 is 3.25. The van der Waals surface area contributed by atoms with E-state index in [0.717, 1.165) is 13.0 Å². The van der Waals surface area contributed by atoms with E-state index in [1.54, 1.807) is 35.6 Å². The number of aryl methyl sites for hydroxylation is 2. The maximum absolute atomic E-state index is 11.7. The molecule has 0 spiro atoms. The average molecular weight is 225 g/mol. The molecule has 5 nitrogen and oxygen atoms in total. The summed E-state index contributed by atoms with van der Waals surface area (Å²) in [7, 11) is 3.43. The largest absolute Gasteiger partial charge is 0.349 e. The van der Waals surface area contributed by atoms with Crippen molar-refractivity contribution in [1.29, 1.82) is 0 Å². The first-order valence-electron chi connectivity index (χ1n) is 5.52. The highest BCUT2D eigenvalue weighted by Gasteiger charge is 2.06. The zero-order chi connectivity index (χ0) is 12.1. The van der Waals surface area contributed by atoms with Crippen molar-refractivity contribution in [3.63, 3.8) is 0 Å². The van der Waals surface area contributed by atoms with E-state index in [-0.39, 0.29) is 11.6 Å². The van der Waals surface area contributed by atoms with Crippen LogP contribution in [0.5, 0.6) is 0 Å². The lowest BCUT2D eigenvalue weighted by Crippen LogP contribution is -2.27. The number of hydrogen-bond donors (Lipinski definition) is 0. The van der Waals surface area contributed by atoms with Crippen LogP contribution in [0.25, 0.3) is 0 Å². The molecule has 1 amide bonds. The van der Waals surface area contributed by atoms with Gasteiger partial charge in [-0.05, 0) is 6.42 Å². The fraction of sp³-hybridized carbons (Fsp3) is 0.636. The molecule has 0 aromatic carbocycles. The van der Waals surface area contributed by atoms with E-state index in [1.165, 1.54) is 4.90 Å². The van der Waals surface area contributed by atoms with Crippen LogP contribution in [0.2, 0.25) is 0 Å². The molecule has 0 aliphatic heterocycles. The minimum Gasteiger partial charge on any atom is -0.349 e. The zero-order valence-corrected chi connectivity index (χ0v) is 10.1. The lowest BCUT2D eigenvalue weighted by Gasteiger charge is -2.09. The fourth-order valence-corrected chi connectivity index (χ4v) is 1.47. The molecule has 0 unspecified atom stereocenters. The zero-order valence-electron chi connectivity index (χ0n) is 10.1. The predicted octanol–water partition coefficient (Wildman–Crippen LogP) is 0.538. The Labute approximate surface area is 95.3 Å². The van der Waals surface area contributed by atoms with Crippen LogP contribution in [0.3, 0.4) is 0 Å². The highest BCUT2D eigenvalue weighted by Crippen LogP contribution is 1.93. The predicted molar refractivity (Wildman–Crippen MR) is 62.3 cm³/mol. The molecule has 0 aliphatic carbocycles. The van der Waals surface area contributed by atoms with Gasteiger partial charge in [0.15, 0.2) is 0 Å². The summed E-state index contributed by atoms with van der Waals surface area (Å²) in [6.45, 7) is 3.21. The van der Waals surface area contributed by atoms with Gasteiger partial charge in [0.1, 0.15) is 0 Å². The third kappa shape index (κ3) is 2.98. The van der Waals surface area contributed by atoms with Crippen LogP contribution in [0, 0.1) is 0 Å². The molecule has 0 atom stereocenters. The number of hydrogen-bond acceptors (Lipinski definition) is 2. The number of nitrogens with zero attached hydrogens (tertiary/aromatic N) is 3. The second-order valence-corrected chi connectivity index (χ2v) is 4.01. The van der Waals surface area contributed by atoms with Gasteiger partial charge in [-0.15, -0.1) is 0 Å². The summed E-state index contributed by atoms with van der Waals surface area (Å²) in [5.41, 5.74) is -0.0339. The first-order valence-corrected chi connectivity index (χ1v) is 5.52. The topological polar surface area (TPSA) is 47.2 Å².